The first-order valence-corrected chi connectivity index (χ1v) is 3.94. The van der Waals surface area contributed by atoms with E-state index < -0.39 is 4.92 Å². The zero-order valence-electron chi connectivity index (χ0n) is 6.23. The molecular weight excluding hydrogens is 242 g/mol. The van der Waals surface area contributed by atoms with Crippen molar-refractivity contribution in [3.05, 3.63) is 26.9 Å². The lowest BCUT2D eigenvalue weighted by Crippen LogP contribution is -2.01. The zero-order chi connectivity index (χ0) is 9.84. The number of nitrogens with one attached hydrogen (secondary N) is 1. The van der Waals surface area contributed by atoms with Crippen LogP contribution in [-0.2, 0) is 4.79 Å². The maximum absolute atomic E-state index is 10.4. The van der Waals surface area contributed by atoms with Crippen molar-refractivity contribution >= 4 is 33.8 Å². The van der Waals surface area contributed by atoms with E-state index in [9.17, 15) is 14.9 Å². The molecule has 68 valence electrons. The lowest BCUT2D eigenvalue weighted by Gasteiger charge is -1.98. The van der Waals surface area contributed by atoms with Crippen LogP contribution >= 0.6 is 15.9 Å². The SMILES string of the molecule is O=CNc1ncc(Br)cc1[N+](=O)[O-]. The third-order valence-electron chi connectivity index (χ3n) is 1.23. The molecule has 1 amide bonds. The summed E-state index contributed by atoms with van der Waals surface area (Å²) in [5, 5.41) is 12.6. The minimum Gasteiger partial charge on any atom is -0.308 e. The third kappa shape index (κ3) is 2.22. The molecule has 0 aliphatic rings. The Balaban J connectivity index is 3.17. The number of pyridine rings is 1. The Kier molecular flexibility index (Phi) is 2.91. The molecule has 13 heavy (non-hydrogen) atoms. The molecule has 0 unspecified atom stereocenters. The molecule has 1 aromatic heterocycles. The Bertz CT molecular complexity index is 355. The number of hydrogen-bond acceptors (Lipinski definition) is 4. The molecule has 0 bridgehead atoms. The molecule has 0 fully saturated rings. The first kappa shape index (κ1) is 9.59. The highest BCUT2D eigenvalue weighted by Gasteiger charge is 2.14. The average Bonchev–Trinajstić information content (AvgIpc) is 2.08. The lowest BCUT2D eigenvalue weighted by atomic mass is 10.4. The van der Waals surface area contributed by atoms with Gasteiger partial charge in [0.1, 0.15) is 0 Å². The third-order valence-corrected chi connectivity index (χ3v) is 1.66. The van der Waals surface area contributed by atoms with E-state index in [4.69, 9.17) is 0 Å². The van der Waals surface area contributed by atoms with Crippen molar-refractivity contribution in [2.24, 2.45) is 0 Å². The molecule has 0 saturated carbocycles. The molecule has 6 nitrogen and oxygen atoms in total. The number of nitrogens with zero attached hydrogens (tertiary/aromatic N) is 2. The van der Waals surface area contributed by atoms with E-state index in [-0.39, 0.29) is 11.5 Å². The maximum Gasteiger partial charge on any atom is 0.312 e. The summed E-state index contributed by atoms with van der Waals surface area (Å²) in [7, 11) is 0. The van der Waals surface area contributed by atoms with Crippen LogP contribution in [0.3, 0.4) is 0 Å². The van der Waals surface area contributed by atoms with E-state index in [1.54, 1.807) is 0 Å². The van der Waals surface area contributed by atoms with Crippen LogP contribution in [0, 0.1) is 10.1 Å². The number of rotatable bonds is 3. The van der Waals surface area contributed by atoms with Crippen LogP contribution in [0.5, 0.6) is 0 Å². The molecule has 0 spiro atoms. The van der Waals surface area contributed by atoms with Gasteiger partial charge in [-0.3, -0.25) is 14.9 Å². The Hall–Kier alpha value is -1.50. The average molecular weight is 246 g/mol. The zero-order valence-corrected chi connectivity index (χ0v) is 7.82. The maximum atomic E-state index is 10.4. The van der Waals surface area contributed by atoms with Gasteiger partial charge in [-0.15, -0.1) is 0 Å². The van der Waals surface area contributed by atoms with Crippen molar-refractivity contribution in [2.45, 2.75) is 0 Å². The van der Waals surface area contributed by atoms with Crippen molar-refractivity contribution in [3.8, 4) is 0 Å². The van der Waals surface area contributed by atoms with Crippen molar-refractivity contribution in [1.82, 2.24) is 4.98 Å². The van der Waals surface area contributed by atoms with Crippen LogP contribution in [0.15, 0.2) is 16.7 Å². The number of amides is 1. The highest BCUT2D eigenvalue weighted by Crippen LogP contribution is 2.24. The van der Waals surface area contributed by atoms with Gasteiger partial charge in [-0.25, -0.2) is 4.98 Å². The fourth-order valence-electron chi connectivity index (χ4n) is 0.735. The fraction of sp³-hybridized carbons (Fsp3) is 0. The summed E-state index contributed by atoms with van der Waals surface area (Å²) in [6.45, 7) is 0. The monoisotopic (exact) mass is 245 g/mol. The largest absolute Gasteiger partial charge is 0.312 e. The summed E-state index contributed by atoms with van der Waals surface area (Å²) in [5.41, 5.74) is -0.249. The van der Waals surface area contributed by atoms with Crippen LogP contribution in [0.4, 0.5) is 11.5 Å². The molecule has 0 atom stereocenters. The number of aromatic nitrogens is 1. The predicted octanol–water partition coefficient (Wildman–Crippen LogP) is 1.32. The number of nitro groups is 1. The van der Waals surface area contributed by atoms with Gasteiger partial charge in [0.15, 0.2) is 0 Å². The van der Waals surface area contributed by atoms with Crippen molar-refractivity contribution in [3.63, 3.8) is 0 Å². The van der Waals surface area contributed by atoms with Crippen LogP contribution in [0.1, 0.15) is 0 Å². The second-order valence-electron chi connectivity index (χ2n) is 2.04. The number of anilines is 1. The van der Waals surface area contributed by atoms with Crippen LogP contribution in [0.2, 0.25) is 0 Å². The number of carbonyl (C=O) groups is 1. The van der Waals surface area contributed by atoms with Crippen molar-refractivity contribution in [1.29, 1.82) is 0 Å². The van der Waals surface area contributed by atoms with Gasteiger partial charge in [0, 0.05) is 16.7 Å². The predicted molar refractivity (Wildman–Crippen MR) is 48.3 cm³/mol. The lowest BCUT2D eigenvalue weighted by molar-refractivity contribution is -0.384. The van der Waals surface area contributed by atoms with Gasteiger partial charge in [0.2, 0.25) is 12.2 Å². The summed E-state index contributed by atoms with van der Waals surface area (Å²) >= 11 is 3.03. The molecule has 0 radical (unpaired) electrons. The van der Waals surface area contributed by atoms with E-state index in [0.29, 0.717) is 10.9 Å². The molecular formula is C6H4BrN3O3. The summed E-state index contributed by atoms with van der Waals surface area (Å²) < 4.78 is 0.482. The second-order valence-corrected chi connectivity index (χ2v) is 2.96. The smallest absolute Gasteiger partial charge is 0.308 e. The minimum absolute atomic E-state index is 0.0665. The molecule has 1 aromatic rings. The number of carbonyl (C=O) groups excluding carboxylic acids is 1. The molecule has 1 heterocycles. The second kappa shape index (κ2) is 3.94. The van der Waals surface area contributed by atoms with E-state index in [2.05, 4.69) is 26.2 Å². The number of hydrogen-bond donors (Lipinski definition) is 1. The Labute approximate surface area is 81.2 Å². The van der Waals surface area contributed by atoms with Crippen LogP contribution in [0.25, 0.3) is 0 Å². The molecule has 0 aliphatic carbocycles. The Morgan fingerprint density at radius 3 is 2.92 bits per heavy atom. The Morgan fingerprint density at radius 2 is 2.38 bits per heavy atom. The van der Waals surface area contributed by atoms with Crippen LogP contribution < -0.4 is 5.32 Å². The molecule has 7 heteroatoms. The van der Waals surface area contributed by atoms with E-state index in [1.807, 2.05) is 0 Å². The summed E-state index contributed by atoms with van der Waals surface area (Å²) in [6.07, 6.45) is 1.70. The van der Waals surface area contributed by atoms with E-state index in [1.165, 1.54) is 12.3 Å². The first-order chi connectivity index (χ1) is 6.15. The van der Waals surface area contributed by atoms with Crippen molar-refractivity contribution in [2.75, 3.05) is 5.32 Å². The highest BCUT2D eigenvalue weighted by molar-refractivity contribution is 9.10. The van der Waals surface area contributed by atoms with Gasteiger partial charge >= 0.3 is 5.69 Å². The summed E-state index contributed by atoms with van der Waals surface area (Å²) in [5.74, 6) is -0.0665. The summed E-state index contributed by atoms with van der Waals surface area (Å²) in [4.78, 5) is 23.5. The normalized spacial score (nSPS) is 9.31. The van der Waals surface area contributed by atoms with Gasteiger partial charge in [0.05, 0.1) is 4.92 Å². The molecule has 0 saturated heterocycles. The van der Waals surface area contributed by atoms with Crippen molar-refractivity contribution < 1.29 is 9.72 Å². The van der Waals surface area contributed by atoms with Gasteiger partial charge in [-0.2, -0.15) is 0 Å². The Morgan fingerprint density at radius 1 is 1.69 bits per heavy atom. The van der Waals surface area contributed by atoms with Gasteiger partial charge < -0.3 is 5.32 Å². The van der Waals surface area contributed by atoms with E-state index >= 15 is 0 Å². The molecule has 0 aliphatic heterocycles. The van der Waals surface area contributed by atoms with E-state index in [0.717, 1.165) is 0 Å². The topological polar surface area (TPSA) is 85.1 Å². The number of halogens is 1. The molecule has 0 aromatic carbocycles. The standard InChI is InChI=1S/C6H4BrN3O3/c7-4-1-5(10(12)13)6(8-2-4)9-3-11/h1-3H,(H,8,9,11). The highest BCUT2D eigenvalue weighted by atomic mass is 79.9. The molecule has 1 rings (SSSR count). The quantitative estimate of drug-likeness (QED) is 0.495. The molecule has 1 N–H and O–H groups in total. The van der Waals surface area contributed by atoms with Gasteiger partial charge in [-0.05, 0) is 15.9 Å². The minimum atomic E-state index is -0.621. The van der Waals surface area contributed by atoms with Gasteiger partial charge in [0.25, 0.3) is 0 Å². The van der Waals surface area contributed by atoms with Crippen LogP contribution in [-0.4, -0.2) is 16.3 Å². The fourth-order valence-corrected chi connectivity index (χ4v) is 1.05. The van der Waals surface area contributed by atoms with Gasteiger partial charge in [-0.1, -0.05) is 0 Å². The first-order valence-electron chi connectivity index (χ1n) is 3.15. The summed E-state index contributed by atoms with van der Waals surface area (Å²) in [6, 6.07) is 1.26.